The largest absolute Gasteiger partial charge is 0.390 e. The maximum atomic E-state index is 9.71. The molecule has 0 aromatic rings. The van der Waals surface area contributed by atoms with Crippen LogP contribution in [0.25, 0.3) is 0 Å². The van der Waals surface area contributed by atoms with Gasteiger partial charge in [-0.2, -0.15) is 0 Å². The van der Waals surface area contributed by atoms with E-state index in [0.29, 0.717) is 18.3 Å². The van der Waals surface area contributed by atoms with Gasteiger partial charge in [-0.1, -0.05) is 40.5 Å². The van der Waals surface area contributed by atoms with E-state index in [2.05, 4.69) is 27.7 Å². The van der Waals surface area contributed by atoms with Gasteiger partial charge >= 0.3 is 0 Å². The Labute approximate surface area is 88.3 Å². The Morgan fingerprint density at radius 3 is 2.00 bits per heavy atom. The lowest BCUT2D eigenvalue weighted by atomic mass is 9.89. The van der Waals surface area contributed by atoms with Crippen molar-refractivity contribution in [3.63, 3.8) is 0 Å². The summed E-state index contributed by atoms with van der Waals surface area (Å²) in [6.45, 7) is 8.52. The molecule has 0 aliphatic rings. The van der Waals surface area contributed by atoms with E-state index in [1.807, 2.05) is 0 Å². The van der Waals surface area contributed by atoms with Gasteiger partial charge in [-0.05, 0) is 24.7 Å². The summed E-state index contributed by atoms with van der Waals surface area (Å²) in [6, 6.07) is 0. The second-order valence-corrected chi connectivity index (χ2v) is 4.73. The van der Waals surface area contributed by atoms with E-state index in [9.17, 15) is 10.2 Å². The second kappa shape index (κ2) is 7.24. The average Bonchev–Trinajstić information content (AvgIpc) is 2.13. The number of rotatable bonds is 7. The highest BCUT2D eigenvalue weighted by molar-refractivity contribution is 4.71. The van der Waals surface area contributed by atoms with Crippen molar-refractivity contribution in [3.05, 3.63) is 0 Å². The maximum Gasteiger partial charge on any atom is 0.0801 e. The monoisotopic (exact) mass is 202 g/mol. The van der Waals surface area contributed by atoms with Crippen molar-refractivity contribution in [2.24, 2.45) is 11.8 Å². The van der Waals surface area contributed by atoms with Gasteiger partial charge in [-0.3, -0.25) is 0 Å². The first-order chi connectivity index (χ1) is 6.49. The van der Waals surface area contributed by atoms with E-state index in [1.165, 1.54) is 0 Å². The quantitative estimate of drug-likeness (QED) is 0.666. The minimum atomic E-state index is -0.543. The molecule has 2 heteroatoms. The Balaban J connectivity index is 3.76. The minimum Gasteiger partial charge on any atom is -0.390 e. The number of aliphatic hydroxyl groups is 2. The highest BCUT2D eigenvalue weighted by atomic mass is 16.3. The molecule has 0 saturated heterocycles. The Hall–Kier alpha value is -0.0800. The molecule has 14 heavy (non-hydrogen) atoms. The van der Waals surface area contributed by atoms with Gasteiger partial charge in [0.15, 0.2) is 0 Å². The molecule has 0 radical (unpaired) electrons. The van der Waals surface area contributed by atoms with E-state index in [1.54, 1.807) is 0 Å². The Morgan fingerprint density at radius 2 is 1.57 bits per heavy atom. The van der Waals surface area contributed by atoms with Crippen LogP contribution in [0.1, 0.15) is 53.4 Å². The van der Waals surface area contributed by atoms with Gasteiger partial charge in [0.1, 0.15) is 0 Å². The van der Waals surface area contributed by atoms with Gasteiger partial charge in [0.25, 0.3) is 0 Å². The maximum absolute atomic E-state index is 9.71. The molecule has 0 fully saturated rings. The Kier molecular flexibility index (Phi) is 7.20. The molecule has 0 aromatic carbocycles. The van der Waals surface area contributed by atoms with Gasteiger partial charge in [-0.25, -0.2) is 0 Å². The molecule has 0 bridgehead atoms. The van der Waals surface area contributed by atoms with Crippen LogP contribution in [0.15, 0.2) is 0 Å². The zero-order valence-corrected chi connectivity index (χ0v) is 10.0. The van der Waals surface area contributed by atoms with Gasteiger partial charge in [0.05, 0.1) is 12.2 Å². The highest BCUT2D eigenvalue weighted by Crippen LogP contribution is 2.19. The summed E-state index contributed by atoms with van der Waals surface area (Å²) in [5.41, 5.74) is 0. The van der Waals surface area contributed by atoms with Crippen LogP contribution in [0.5, 0.6) is 0 Å². The fourth-order valence-corrected chi connectivity index (χ4v) is 1.42. The molecule has 2 N–H and O–H groups in total. The van der Waals surface area contributed by atoms with Crippen LogP contribution in [-0.2, 0) is 0 Å². The lowest BCUT2D eigenvalue weighted by molar-refractivity contribution is -0.00268. The van der Waals surface area contributed by atoms with Crippen LogP contribution < -0.4 is 0 Å². The van der Waals surface area contributed by atoms with Crippen molar-refractivity contribution in [1.82, 2.24) is 0 Å². The van der Waals surface area contributed by atoms with E-state index in [0.717, 1.165) is 19.3 Å². The molecule has 0 heterocycles. The molecule has 0 aromatic heterocycles. The molecule has 0 aliphatic carbocycles. The summed E-state index contributed by atoms with van der Waals surface area (Å²) in [4.78, 5) is 0. The fraction of sp³-hybridized carbons (Fsp3) is 1.00. The van der Waals surface area contributed by atoms with Gasteiger partial charge in [0, 0.05) is 0 Å². The number of unbranched alkanes of at least 4 members (excludes halogenated alkanes) is 1. The van der Waals surface area contributed by atoms with Crippen molar-refractivity contribution < 1.29 is 10.2 Å². The zero-order chi connectivity index (χ0) is 11.1. The molecule has 0 aliphatic heterocycles. The van der Waals surface area contributed by atoms with Crippen LogP contribution in [-0.4, -0.2) is 22.4 Å². The third-order valence-electron chi connectivity index (χ3n) is 3.05. The summed E-state index contributed by atoms with van der Waals surface area (Å²) >= 11 is 0. The third-order valence-corrected chi connectivity index (χ3v) is 3.05. The second-order valence-electron chi connectivity index (χ2n) is 4.73. The first-order valence-electron chi connectivity index (χ1n) is 5.85. The van der Waals surface area contributed by atoms with Crippen molar-refractivity contribution in [1.29, 1.82) is 0 Å². The zero-order valence-electron chi connectivity index (χ0n) is 10.0. The van der Waals surface area contributed by atoms with E-state index in [4.69, 9.17) is 0 Å². The molecule has 0 rings (SSSR count). The van der Waals surface area contributed by atoms with Crippen molar-refractivity contribution >= 4 is 0 Å². The van der Waals surface area contributed by atoms with Gasteiger partial charge < -0.3 is 10.2 Å². The minimum absolute atomic E-state index is 0.473. The highest BCUT2D eigenvalue weighted by Gasteiger charge is 2.19. The first-order valence-corrected chi connectivity index (χ1v) is 5.85. The predicted molar refractivity (Wildman–Crippen MR) is 60.2 cm³/mol. The average molecular weight is 202 g/mol. The molecule has 3 atom stereocenters. The van der Waals surface area contributed by atoms with Crippen LogP contribution in [0.3, 0.4) is 0 Å². The molecule has 0 amide bonds. The molecule has 3 unspecified atom stereocenters. The Morgan fingerprint density at radius 1 is 1.00 bits per heavy atom. The molecule has 0 saturated carbocycles. The predicted octanol–water partition coefficient (Wildman–Crippen LogP) is 2.58. The molecular weight excluding hydrogens is 176 g/mol. The molecule has 86 valence electrons. The fourth-order valence-electron chi connectivity index (χ4n) is 1.42. The van der Waals surface area contributed by atoms with Crippen LogP contribution in [0.4, 0.5) is 0 Å². The third kappa shape index (κ3) is 5.61. The number of hydrogen-bond acceptors (Lipinski definition) is 2. The van der Waals surface area contributed by atoms with Gasteiger partial charge in [0.2, 0.25) is 0 Å². The van der Waals surface area contributed by atoms with E-state index < -0.39 is 12.2 Å². The number of hydrogen-bond donors (Lipinski definition) is 2. The summed E-state index contributed by atoms with van der Waals surface area (Å²) in [6.07, 6.45) is 2.43. The van der Waals surface area contributed by atoms with Crippen LogP contribution in [0.2, 0.25) is 0 Å². The van der Waals surface area contributed by atoms with Crippen molar-refractivity contribution in [2.45, 2.75) is 65.6 Å². The topological polar surface area (TPSA) is 40.5 Å². The van der Waals surface area contributed by atoms with Crippen LogP contribution in [0, 0.1) is 11.8 Å². The summed E-state index contributed by atoms with van der Waals surface area (Å²) < 4.78 is 0. The molecular formula is C12H26O2. The summed E-state index contributed by atoms with van der Waals surface area (Å²) in [5.74, 6) is 1.05. The lowest BCUT2D eigenvalue weighted by Crippen LogP contribution is -2.28. The molecule has 0 spiro atoms. The van der Waals surface area contributed by atoms with E-state index in [-0.39, 0.29) is 0 Å². The SMILES string of the molecule is CCCCC(O)C(O)CC(C)C(C)C. The number of aliphatic hydroxyl groups excluding tert-OH is 2. The normalized spacial score (nSPS) is 18.2. The first kappa shape index (κ1) is 13.9. The van der Waals surface area contributed by atoms with Crippen molar-refractivity contribution in [2.75, 3.05) is 0 Å². The van der Waals surface area contributed by atoms with E-state index >= 15 is 0 Å². The Bertz CT molecular complexity index is 134. The smallest absolute Gasteiger partial charge is 0.0801 e. The van der Waals surface area contributed by atoms with Gasteiger partial charge in [-0.15, -0.1) is 0 Å². The summed E-state index contributed by atoms with van der Waals surface area (Å²) in [7, 11) is 0. The van der Waals surface area contributed by atoms with Crippen molar-refractivity contribution in [3.8, 4) is 0 Å². The molecule has 2 nitrogen and oxygen atoms in total. The summed E-state index contributed by atoms with van der Waals surface area (Å²) in [5, 5.41) is 19.3. The lowest BCUT2D eigenvalue weighted by Gasteiger charge is -2.23. The van der Waals surface area contributed by atoms with Crippen LogP contribution >= 0.6 is 0 Å². The standard InChI is InChI=1S/C12H26O2/c1-5-6-7-11(13)12(14)8-10(4)9(2)3/h9-14H,5-8H2,1-4H3.